The number of ether oxygens (including phenoxy) is 1. The maximum atomic E-state index is 13.5. The molecule has 1 aliphatic heterocycles. The van der Waals surface area contributed by atoms with Crippen LogP contribution in [0.1, 0.15) is 25.5 Å². The van der Waals surface area contributed by atoms with Gasteiger partial charge in [0.15, 0.2) is 5.78 Å². The van der Waals surface area contributed by atoms with Gasteiger partial charge in [0.05, 0.1) is 20.3 Å². The molecule has 0 bridgehead atoms. The van der Waals surface area contributed by atoms with Gasteiger partial charge in [-0.15, -0.1) is 0 Å². The lowest BCUT2D eigenvalue weighted by Crippen LogP contribution is -2.53. The topological polar surface area (TPSA) is 98.2 Å². The van der Waals surface area contributed by atoms with E-state index in [0.717, 1.165) is 16.3 Å². The van der Waals surface area contributed by atoms with E-state index in [1.54, 1.807) is 13.8 Å². The summed E-state index contributed by atoms with van der Waals surface area (Å²) in [6, 6.07) is 12.9. The van der Waals surface area contributed by atoms with Crippen molar-refractivity contribution in [2.45, 2.75) is 25.7 Å². The number of hydrazine groups is 1. The average Bonchev–Trinajstić information content (AvgIpc) is 2.72. The van der Waals surface area contributed by atoms with E-state index in [-0.39, 0.29) is 19.0 Å². The number of nitrogens with zero attached hydrogens (tertiary/aromatic N) is 1. The van der Waals surface area contributed by atoms with Crippen molar-refractivity contribution in [1.29, 1.82) is 0 Å². The zero-order valence-corrected chi connectivity index (χ0v) is 16.9. The van der Waals surface area contributed by atoms with Crippen molar-refractivity contribution in [3.8, 4) is 0 Å². The summed E-state index contributed by atoms with van der Waals surface area (Å²) in [6.07, 6.45) is 0. The number of methoxy groups -OCH3 is 1. The Morgan fingerprint density at radius 3 is 2.46 bits per heavy atom. The van der Waals surface area contributed by atoms with Crippen LogP contribution in [0, 0.1) is 0 Å². The zero-order chi connectivity index (χ0) is 20.1. The highest BCUT2D eigenvalue weighted by molar-refractivity contribution is 7.54. The van der Waals surface area contributed by atoms with Gasteiger partial charge in [-0.2, -0.15) is 0 Å². The summed E-state index contributed by atoms with van der Waals surface area (Å²) in [5.74, 6) is -1.46. The molecule has 0 unspecified atom stereocenters. The number of hydrogen-bond acceptors (Lipinski definition) is 8. The van der Waals surface area contributed by atoms with Gasteiger partial charge in [-0.05, 0) is 30.2 Å². The molecule has 0 saturated carbocycles. The molecule has 0 radical (unpaired) electrons. The van der Waals surface area contributed by atoms with Crippen LogP contribution >= 0.6 is 7.60 Å². The minimum atomic E-state index is -3.59. The van der Waals surface area contributed by atoms with Gasteiger partial charge in [-0.25, -0.2) is 10.2 Å². The zero-order valence-electron chi connectivity index (χ0n) is 16.0. The normalized spacial score (nSPS) is 19.8. The molecule has 2 N–H and O–H groups in total. The van der Waals surface area contributed by atoms with Gasteiger partial charge < -0.3 is 13.8 Å². The van der Waals surface area contributed by atoms with Gasteiger partial charge in [0.25, 0.3) is 0 Å². The lowest BCUT2D eigenvalue weighted by atomic mass is 9.98. The molecule has 0 aromatic heterocycles. The van der Waals surface area contributed by atoms with Crippen LogP contribution in [0.5, 0.6) is 0 Å². The first-order valence-electron chi connectivity index (χ1n) is 9.08. The second kappa shape index (κ2) is 8.84. The molecule has 1 heterocycles. The predicted molar refractivity (Wildman–Crippen MR) is 107 cm³/mol. The third kappa shape index (κ3) is 3.95. The van der Waals surface area contributed by atoms with Crippen LogP contribution in [0.15, 0.2) is 47.5 Å². The van der Waals surface area contributed by atoms with Gasteiger partial charge in [0.1, 0.15) is 6.04 Å². The van der Waals surface area contributed by atoms with E-state index in [4.69, 9.17) is 13.8 Å². The van der Waals surface area contributed by atoms with E-state index >= 15 is 0 Å². The molecule has 8 nitrogen and oxygen atoms in total. The highest BCUT2D eigenvalue weighted by Gasteiger charge is 2.45. The lowest BCUT2D eigenvalue weighted by Gasteiger charge is -2.35. The number of carbonyl (C=O) groups is 1. The Hall–Kier alpha value is -2.25. The minimum Gasteiger partial charge on any atom is -0.463 e. The first kappa shape index (κ1) is 20.5. The quantitative estimate of drug-likeness (QED) is 0.539. The number of hydrogen-bond donors (Lipinski definition) is 2. The highest BCUT2D eigenvalue weighted by atomic mass is 31.2. The molecule has 2 atom stereocenters. The molecule has 28 heavy (non-hydrogen) atoms. The molecule has 0 saturated heterocycles. The summed E-state index contributed by atoms with van der Waals surface area (Å²) < 4.78 is 29.4. The molecule has 2 aromatic carbocycles. The summed E-state index contributed by atoms with van der Waals surface area (Å²) in [6.45, 7) is 3.92. The van der Waals surface area contributed by atoms with Gasteiger partial charge in [0, 0.05) is 0 Å². The number of carbonyl (C=O) groups excluding carboxylic acids is 1. The van der Waals surface area contributed by atoms with Gasteiger partial charge in [-0.1, -0.05) is 42.5 Å². The number of aliphatic imine (C=N–C) groups is 1. The number of benzene rings is 2. The molecular formula is C19H24N3O5P. The SMILES string of the molecule is CCOP(=O)(OCC)[C@@H]1NNC(C(=O)OC)=N[C@H]1c1cccc2ccccc12. The maximum Gasteiger partial charge on any atom is 0.374 e. The Morgan fingerprint density at radius 1 is 1.11 bits per heavy atom. The van der Waals surface area contributed by atoms with E-state index < -0.39 is 25.4 Å². The Morgan fingerprint density at radius 2 is 1.79 bits per heavy atom. The van der Waals surface area contributed by atoms with E-state index in [1.165, 1.54) is 7.11 Å². The fourth-order valence-corrected chi connectivity index (χ4v) is 5.13. The van der Waals surface area contributed by atoms with Crippen molar-refractivity contribution < 1.29 is 23.1 Å². The van der Waals surface area contributed by atoms with Gasteiger partial charge in [0.2, 0.25) is 5.84 Å². The van der Waals surface area contributed by atoms with E-state index in [2.05, 4.69) is 15.8 Å². The van der Waals surface area contributed by atoms with Crippen LogP contribution in [0.3, 0.4) is 0 Å². The van der Waals surface area contributed by atoms with Crippen molar-refractivity contribution in [1.82, 2.24) is 10.9 Å². The molecule has 0 aliphatic carbocycles. The standard InChI is InChI=1S/C19H24N3O5P/c1-4-26-28(24,27-5-2)18-16(20-17(21-22-18)19(23)25-3)15-12-8-10-13-9-6-7-11-14(13)15/h6-12,16,18,22H,4-5H2,1-3H3,(H,20,21)/t16-,18-/m0/s1. The maximum absolute atomic E-state index is 13.5. The third-order valence-electron chi connectivity index (χ3n) is 4.39. The first-order chi connectivity index (χ1) is 13.5. The molecule has 2 aromatic rings. The molecule has 1 aliphatic rings. The minimum absolute atomic E-state index is 0.00349. The monoisotopic (exact) mass is 405 g/mol. The van der Waals surface area contributed by atoms with Crippen LogP contribution in [0.25, 0.3) is 10.8 Å². The number of nitrogens with one attached hydrogen (secondary N) is 2. The molecule has 0 spiro atoms. The number of esters is 1. The number of rotatable bonds is 7. The molecule has 3 rings (SSSR count). The summed E-state index contributed by atoms with van der Waals surface area (Å²) in [5.41, 5.74) is 6.40. The van der Waals surface area contributed by atoms with E-state index in [0.29, 0.717) is 0 Å². The average molecular weight is 405 g/mol. The Labute approximate surface area is 163 Å². The summed E-state index contributed by atoms with van der Waals surface area (Å²) >= 11 is 0. The fraction of sp³-hybridized carbons (Fsp3) is 0.368. The second-order valence-corrected chi connectivity index (χ2v) is 8.22. The summed E-state index contributed by atoms with van der Waals surface area (Å²) in [5, 5.41) is 1.95. The van der Waals surface area contributed by atoms with Crippen LogP contribution in [-0.2, 0) is 23.1 Å². The molecule has 9 heteroatoms. The van der Waals surface area contributed by atoms with Gasteiger partial charge in [-0.3, -0.25) is 15.0 Å². The molecule has 150 valence electrons. The van der Waals surface area contributed by atoms with Crippen molar-refractivity contribution >= 4 is 30.2 Å². The highest BCUT2D eigenvalue weighted by Crippen LogP contribution is 2.57. The summed E-state index contributed by atoms with van der Waals surface area (Å²) in [4.78, 5) is 16.5. The van der Waals surface area contributed by atoms with Crippen molar-refractivity contribution in [3.63, 3.8) is 0 Å². The predicted octanol–water partition coefficient (Wildman–Crippen LogP) is 3.15. The first-order valence-corrected chi connectivity index (χ1v) is 10.7. The van der Waals surface area contributed by atoms with Crippen LogP contribution in [0.2, 0.25) is 0 Å². The van der Waals surface area contributed by atoms with Crippen LogP contribution in [-0.4, -0.2) is 37.9 Å². The van der Waals surface area contributed by atoms with E-state index in [9.17, 15) is 9.36 Å². The molecule has 0 amide bonds. The third-order valence-corrected chi connectivity index (χ3v) is 6.71. The molecular weight excluding hydrogens is 381 g/mol. The Bertz CT molecular complexity index is 917. The smallest absolute Gasteiger partial charge is 0.374 e. The molecule has 0 fully saturated rings. The van der Waals surface area contributed by atoms with Crippen LogP contribution < -0.4 is 10.9 Å². The second-order valence-electron chi connectivity index (χ2n) is 6.07. The van der Waals surface area contributed by atoms with Gasteiger partial charge >= 0.3 is 13.6 Å². The van der Waals surface area contributed by atoms with Crippen molar-refractivity contribution in [3.05, 3.63) is 48.0 Å². The number of fused-ring (bicyclic) bond motifs is 1. The van der Waals surface area contributed by atoms with Crippen LogP contribution in [0.4, 0.5) is 0 Å². The number of amidine groups is 1. The van der Waals surface area contributed by atoms with E-state index in [1.807, 2.05) is 42.5 Å². The summed E-state index contributed by atoms with van der Waals surface area (Å²) in [7, 11) is -2.32. The Kier molecular flexibility index (Phi) is 6.46. The Balaban J connectivity index is 2.16. The largest absolute Gasteiger partial charge is 0.463 e. The van der Waals surface area contributed by atoms with Crippen molar-refractivity contribution in [2.24, 2.45) is 4.99 Å². The van der Waals surface area contributed by atoms with Crippen molar-refractivity contribution in [2.75, 3.05) is 20.3 Å². The fourth-order valence-electron chi connectivity index (χ4n) is 3.22. The lowest BCUT2D eigenvalue weighted by molar-refractivity contribution is -0.133.